The lowest BCUT2D eigenvalue weighted by Gasteiger charge is -2.08. The molecule has 4 nitrogen and oxygen atoms in total. The number of benzene rings is 1. The number of ether oxygens (including phenoxy) is 1. The molecule has 17 heavy (non-hydrogen) atoms. The second-order valence-corrected chi connectivity index (χ2v) is 6.10. The van der Waals surface area contributed by atoms with Crippen LogP contribution in [0.15, 0.2) is 18.2 Å². The van der Waals surface area contributed by atoms with E-state index in [1.807, 2.05) is 0 Å². The lowest BCUT2D eigenvalue weighted by atomic mass is 10.2. The van der Waals surface area contributed by atoms with Crippen molar-refractivity contribution in [2.75, 3.05) is 12.9 Å². The van der Waals surface area contributed by atoms with Gasteiger partial charge in [-0.05, 0) is 13.0 Å². The van der Waals surface area contributed by atoms with Crippen LogP contribution >= 0.6 is 0 Å². The van der Waals surface area contributed by atoms with Crippen LogP contribution in [0.5, 0.6) is 5.75 Å². The molecule has 1 unspecified atom stereocenters. The van der Waals surface area contributed by atoms with Gasteiger partial charge in [-0.15, -0.1) is 0 Å². The molecular formula is C11H16FNO3S. The molecule has 0 spiro atoms. The summed E-state index contributed by atoms with van der Waals surface area (Å²) in [6.07, 6.45) is 0. The normalized spacial score (nSPS) is 13.4. The number of hydrogen-bond acceptors (Lipinski definition) is 4. The Morgan fingerprint density at radius 2 is 2.12 bits per heavy atom. The molecule has 0 amide bonds. The molecule has 0 aliphatic carbocycles. The predicted octanol–water partition coefficient (Wildman–Crippen LogP) is 1.10. The Morgan fingerprint density at radius 3 is 2.59 bits per heavy atom. The number of sulfone groups is 1. The molecule has 0 radical (unpaired) electrons. The van der Waals surface area contributed by atoms with E-state index in [-0.39, 0.29) is 17.1 Å². The van der Waals surface area contributed by atoms with Crippen molar-refractivity contribution < 1.29 is 17.5 Å². The van der Waals surface area contributed by atoms with E-state index in [0.29, 0.717) is 5.75 Å². The first-order valence-corrected chi connectivity index (χ1v) is 6.94. The number of halogens is 1. The Balaban J connectivity index is 2.89. The van der Waals surface area contributed by atoms with Gasteiger partial charge in [0.1, 0.15) is 11.6 Å². The molecule has 1 rings (SSSR count). The van der Waals surface area contributed by atoms with E-state index in [1.54, 1.807) is 6.92 Å². The van der Waals surface area contributed by atoms with Gasteiger partial charge in [-0.2, -0.15) is 0 Å². The van der Waals surface area contributed by atoms with Gasteiger partial charge < -0.3 is 10.5 Å². The molecule has 0 bridgehead atoms. The minimum Gasteiger partial charge on any atom is -0.497 e. The first kappa shape index (κ1) is 13.9. The van der Waals surface area contributed by atoms with Gasteiger partial charge >= 0.3 is 0 Å². The van der Waals surface area contributed by atoms with Gasteiger partial charge in [0.05, 0.1) is 18.6 Å². The highest BCUT2D eigenvalue weighted by atomic mass is 32.2. The molecule has 6 heteroatoms. The molecule has 0 aliphatic heterocycles. The second-order valence-electron chi connectivity index (χ2n) is 3.99. The Morgan fingerprint density at radius 1 is 1.47 bits per heavy atom. The first-order valence-electron chi connectivity index (χ1n) is 5.12. The Bertz CT molecular complexity index is 485. The highest BCUT2D eigenvalue weighted by molar-refractivity contribution is 7.90. The molecule has 0 fully saturated rings. The van der Waals surface area contributed by atoms with Crippen LogP contribution in [0.3, 0.4) is 0 Å². The van der Waals surface area contributed by atoms with Gasteiger partial charge in [0, 0.05) is 17.7 Å². The standard InChI is InChI=1S/C11H16FNO3S/c1-8(13)6-17(14,15)7-9-3-4-10(16-2)5-11(9)12/h3-5,8H,6-7,13H2,1-2H3. The van der Waals surface area contributed by atoms with Gasteiger partial charge in [-0.25, -0.2) is 12.8 Å². The zero-order chi connectivity index (χ0) is 13.1. The SMILES string of the molecule is COc1ccc(CS(=O)(=O)CC(C)N)c(F)c1. The summed E-state index contributed by atoms with van der Waals surface area (Å²) in [5.41, 5.74) is 5.55. The summed E-state index contributed by atoms with van der Waals surface area (Å²) in [6, 6.07) is 3.64. The average molecular weight is 261 g/mol. The average Bonchev–Trinajstić information content (AvgIpc) is 2.18. The molecule has 0 saturated heterocycles. The van der Waals surface area contributed by atoms with Crippen LogP contribution in [0.2, 0.25) is 0 Å². The third kappa shape index (κ3) is 4.32. The van der Waals surface area contributed by atoms with Gasteiger partial charge in [-0.1, -0.05) is 6.07 Å². The maximum absolute atomic E-state index is 13.5. The Labute approximate surface area is 101 Å². The smallest absolute Gasteiger partial charge is 0.156 e. The zero-order valence-corrected chi connectivity index (χ0v) is 10.6. The van der Waals surface area contributed by atoms with E-state index < -0.39 is 21.7 Å². The summed E-state index contributed by atoms with van der Waals surface area (Å²) in [7, 11) is -1.96. The molecule has 96 valence electrons. The van der Waals surface area contributed by atoms with Crippen LogP contribution in [0.25, 0.3) is 0 Å². The predicted molar refractivity (Wildman–Crippen MR) is 64.1 cm³/mol. The zero-order valence-electron chi connectivity index (χ0n) is 9.81. The van der Waals surface area contributed by atoms with Crippen molar-refractivity contribution in [1.82, 2.24) is 0 Å². The maximum atomic E-state index is 13.5. The largest absolute Gasteiger partial charge is 0.497 e. The van der Waals surface area contributed by atoms with Crippen molar-refractivity contribution in [1.29, 1.82) is 0 Å². The number of nitrogens with two attached hydrogens (primary N) is 1. The Kier molecular flexibility index (Phi) is 4.47. The summed E-state index contributed by atoms with van der Waals surface area (Å²) < 4.78 is 41.6. The molecule has 0 aliphatic rings. The van der Waals surface area contributed by atoms with Gasteiger partial charge in [0.2, 0.25) is 0 Å². The van der Waals surface area contributed by atoms with Gasteiger partial charge in [0.15, 0.2) is 9.84 Å². The van der Waals surface area contributed by atoms with Gasteiger partial charge in [-0.3, -0.25) is 0 Å². The molecule has 1 aromatic rings. The molecule has 0 aromatic heterocycles. The minimum absolute atomic E-state index is 0.131. The molecule has 2 N–H and O–H groups in total. The summed E-state index contributed by atoms with van der Waals surface area (Å²) in [6.45, 7) is 1.60. The summed E-state index contributed by atoms with van der Waals surface area (Å²) in [4.78, 5) is 0. The highest BCUT2D eigenvalue weighted by Crippen LogP contribution is 2.18. The molecule has 0 saturated carbocycles. The fourth-order valence-electron chi connectivity index (χ4n) is 1.47. The number of rotatable bonds is 5. The lowest BCUT2D eigenvalue weighted by molar-refractivity contribution is 0.411. The third-order valence-corrected chi connectivity index (χ3v) is 3.94. The summed E-state index contributed by atoms with van der Waals surface area (Å²) in [5, 5.41) is 0. The minimum atomic E-state index is -3.38. The summed E-state index contributed by atoms with van der Waals surface area (Å²) in [5.74, 6) is -0.725. The second kappa shape index (κ2) is 5.46. The first-order chi connectivity index (χ1) is 7.84. The highest BCUT2D eigenvalue weighted by Gasteiger charge is 2.17. The number of hydrogen-bond donors (Lipinski definition) is 1. The fourth-order valence-corrected chi connectivity index (χ4v) is 3.10. The van der Waals surface area contributed by atoms with Crippen LogP contribution in [-0.4, -0.2) is 27.3 Å². The van der Waals surface area contributed by atoms with E-state index in [0.717, 1.165) is 6.07 Å². The van der Waals surface area contributed by atoms with Crippen LogP contribution < -0.4 is 10.5 Å². The van der Waals surface area contributed by atoms with Crippen molar-refractivity contribution in [3.63, 3.8) is 0 Å². The van der Waals surface area contributed by atoms with Crippen LogP contribution in [-0.2, 0) is 15.6 Å². The van der Waals surface area contributed by atoms with Crippen molar-refractivity contribution in [2.24, 2.45) is 5.73 Å². The molecule has 0 heterocycles. The molecule has 1 aromatic carbocycles. The Hall–Kier alpha value is -1.14. The van der Waals surface area contributed by atoms with Crippen molar-refractivity contribution in [3.8, 4) is 5.75 Å². The van der Waals surface area contributed by atoms with E-state index in [4.69, 9.17) is 10.5 Å². The van der Waals surface area contributed by atoms with Crippen molar-refractivity contribution in [2.45, 2.75) is 18.7 Å². The number of methoxy groups -OCH3 is 1. The topological polar surface area (TPSA) is 69.4 Å². The van der Waals surface area contributed by atoms with Gasteiger partial charge in [0.25, 0.3) is 0 Å². The van der Waals surface area contributed by atoms with Crippen LogP contribution in [0, 0.1) is 5.82 Å². The lowest BCUT2D eigenvalue weighted by Crippen LogP contribution is -2.27. The fraction of sp³-hybridized carbons (Fsp3) is 0.455. The van der Waals surface area contributed by atoms with Crippen LogP contribution in [0.1, 0.15) is 12.5 Å². The van der Waals surface area contributed by atoms with E-state index in [2.05, 4.69) is 0 Å². The summed E-state index contributed by atoms with van der Waals surface area (Å²) >= 11 is 0. The van der Waals surface area contributed by atoms with Crippen molar-refractivity contribution >= 4 is 9.84 Å². The molecular weight excluding hydrogens is 245 g/mol. The van der Waals surface area contributed by atoms with E-state index in [9.17, 15) is 12.8 Å². The van der Waals surface area contributed by atoms with E-state index >= 15 is 0 Å². The third-order valence-electron chi connectivity index (χ3n) is 2.15. The van der Waals surface area contributed by atoms with Crippen LogP contribution in [0.4, 0.5) is 4.39 Å². The monoisotopic (exact) mass is 261 g/mol. The maximum Gasteiger partial charge on any atom is 0.156 e. The van der Waals surface area contributed by atoms with E-state index in [1.165, 1.54) is 19.2 Å². The quantitative estimate of drug-likeness (QED) is 0.861. The molecule has 1 atom stereocenters. The van der Waals surface area contributed by atoms with Crippen molar-refractivity contribution in [3.05, 3.63) is 29.6 Å².